The fourth-order valence-corrected chi connectivity index (χ4v) is 2.12. The Morgan fingerprint density at radius 2 is 2.05 bits per heavy atom. The first-order valence-electron chi connectivity index (χ1n) is 6.89. The van der Waals surface area contributed by atoms with Crippen LogP contribution in [-0.4, -0.2) is 30.0 Å². The maximum Gasteiger partial charge on any atom is 0.260 e. The van der Waals surface area contributed by atoms with E-state index < -0.39 is 0 Å². The number of carbonyl (C=O) groups is 1. The van der Waals surface area contributed by atoms with Gasteiger partial charge in [-0.25, -0.2) is 0 Å². The fourth-order valence-electron chi connectivity index (χ4n) is 2.12. The topological polar surface area (TPSA) is 55.6 Å². The summed E-state index contributed by atoms with van der Waals surface area (Å²) in [5.41, 5.74) is 6.84. The molecule has 19 heavy (non-hydrogen) atoms. The van der Waals surface area contributed by atoms with Crippen LogP contribution in [0.4, 0.5) is 0 Å². The van der Waals surface area contributed by atoms with Crippen molar-refractivity contribution in [2.45, 2.75) is 38.8 Å². The van der Waals surface area contributed by atoms with E-state index >= 15 is 0 Å². The summed E-state index contributed by atoms with van der Waals surface area (Å²) < 4.78 is 5.53. The van der Waals surface area contributed by atoms with Gasteiger partial charge in [-0.15, -0.1) is 0 Å². The van der Waals surface area contributed by atoms with E-state index in [0.29, 0.717) is 11.8 Å². The van der Waals surface area contributed by atoms with Crippen LogP contribution in [0, 0.1) is 0 Å². The highest BCUT2D eigenvalue weighted by Crippen LogP contribution is 2.26. The maximum absolute atomic E-state index is 12.0. The van der Waals surface area contributed by atoms with Crippen LogP contribution in [0.3, 0.4) is 0 Å². The predicted molar refractivity (Wildman–Crippen MR) is 74.9 cm³/mol. The van der Waals surface area contributed by atoms with Crippen molar-refractivity contribution in [3.8, 4) is 5.75 Å². The standard InChI is InChI=1S/C15H22N2O2/c1-3-17(13-6-7-13)15(18)10-19-14-8-4-12(5-9-14)11(2)16/h4-5,8-9,11,13H,3,6-7,10,16H2,1-2H3. The fraction of sp³-hybridized carbons (Fsp3) is 0.533. The zero-order valence-electron chi connectivity index (χ0n) is 11.6. The van der Waals surface area contributed by atoms with Gasteiger partial charge in [-0.2, -0.15) is 0 Å². The average molecular weight is 262 g/mol. The van der Waals surface area contributed by atoms with Crippen LogP contribution in [0.2, 0.25) is 0 Å². The van der Waals surface area contributed by atoms with E-state index in [4.69, 9.17) is 10.5 Å². The number of rotatable bonds is 6. The van der Waals surface area contributed by atoms with Gasteiger partial charge in [0.15, 0.2) is 6.61 Å². The Labute approximate surface area is 114 Å². The quantitative estimate of drug-likeness (QED) is 0.854. The Morgan fingerprint density at radius 3 is 2.53 bits per heavy atom. The maximum atomic E-state index is 12.0. The molecule has 4 nitrogen and oxygen atoms in total. The summed E-state index contributed by atoms with van der Waals surface area (Å²) in [7, 11) is 0. The van der Waals surface area contributed by atoms with Crippen LogP contribution in [0.1, 0.15) is 38.3 Å². The van der Waals surface area contributed by atoms with E-state index in [1.54, 1.807) is 0 Å². The molecule has 1 amide bonds. The van der Waals surface area contributed by atoms with Crippen LogP contribution in [0.5, 0.6) is 5.75 Å². The lowest BCUT2D eigenvalue weighted by atomic mass is 10.1. The number of nitrogens with two attached hydrogens (primary N) is 1. The smallest absolute Gasteiger partial charge is 0.260 e. The van der Waals surface area contributed by atoms with E-state index in [1.165, 1.54) is 0 Å². The van der Waals surface area contributed by atoms with Crippen molar-refractivity contribution in [2.24, 2.45) is 5.73 Å². The Kier molecular flexibility index (Phi) is 4.43. The van der Waals surface area contributed by atoms with E-state index in [1.807, 2.05) is 43.0 Å². The Hall–Kier alpha value is -1.55. The minimum atomic E-state index is 0.0149. The Balaban J connectivity index is 1.85. The molecule has 1 unspecified atom stereocenters. The molecular weight excluding hydrogens is 240 g/mol. The molecule has 1 aromatic rings. The summed E-state index contributed by atoms with van der Waals surface area (Å²) in [6.45, 7) is 4.82. The molecule has 1 saturated carbocycles. The SMILES string of the molecule is CCN(C(=O)COc1ccc(C(C)N)cc1)C1CC1. The largest absolute Gasteiger partial charge is 0.484 e. The number of benzene rings is 1. The second kappa shape index (κ2) is 6.06. The van der Waals surface area contributed by atoms with Crippen molar-refractivity contribution in [3.05, 3.63) is 29.8 Å². The molecule has 0 spiro atoms. The van der Waals surface area contributed by atoms with Crippen molar-refractivity contribution in [1.29, 1.82) is 0 Å². The summed E-state index contributed by atoms with van der Waals surface area (Å²) in [5, 5.41) is 0. The number of carbonyl (C=O) groups excluding carboxylic acids is 1. The van der Waals surface area contributed by atoms with Crippen LogP contribution < -0.4 is 10.5 Å². The number of hydrogen-bond acceptors (Lipinski definition) is 3. The highest BCUT2D eigenvalue weighted by molar-refractivity contribution is 5.78. The van der Waals surface area contributed by atoms with Crippen molar-refractivity contribution in [1.82, 2.24) is 4.90 Å². The van der Waals surface area contributed by atoms with Crippen molar-refractivity contribution >= 4 is 5.91 Å². The van der Waals surface area contributed by atoms with E-state index in [-0.39, 0.29) is 18.6 Å². The molecule has 104 valence electrons. The molecule has 0 saturated heterocycles. The molecule has 0 aromatic heterocycles. The number of amides is 1. The summed E-state index contributed by atoms with van der Waals surface area (Å²) in [6.07, 6.45) is 2.26. The summed E-state index contributed by atoms with van der Waals surface area (Å²) in [5.74, 6) is 0.783. The van der Waals surface area contributed by atoms with Gasteiger partial charge in [0.25, 0.3) is 5.91 Å². The molecule has 2 N–H and O–H groups in total. The van der Waals surface area contributed by atoms with Crippen molar-refractivity contribution in [3.63, 3.8) is 0 Å². The number of hydrogen-bond donors (Lipinski definition) is 1. The second-order valence-electron chi connectivity index (χ2n) is 5.06. The van der Waals surface area contributed by atoms with Crippen molar-refractivity contribution < 1.29 is 9.53 Å². The molecule has 1 aliphatic rings. The third kappa shape index (κ3) is 3.70. The molecule has 1 atom stereocenters. The molecule has 0 radical (unpaired) electrons. The minimum Gasteiger partial charge on any atom is -0.484 e. The first-order chi connectivity index (χ1) is 9.11. The third-order valence-electron chi connectivity index (χ3n) is 3.42. The van der Waals surface area contributed by atoms with Crippen LogP contribution in [-0.2, 0) is 4.79 Å². The van der Waals surface area contributed by atoms with Gasteiger partial charge in [0.05, 0.1) is 0 Å². The number of nitrogens with zero attached hydrogens (tertiary/aromatic N) is 1. The van der Waals surface area contributed by atoms with Crippen LogP contribution >= 0.6 is 0 Å². The van der Waals surface area contributed by atoms with Crippen LogP contribution in [0.25, 0.3) is 0 Å². The highest BCUT2D eigenvalue weighted by Gasteiger charge is 2.31. The summed E-state index contributed by atoms with van der Waals surface area (Å²) in [4.78, 5) is 13.9. The van der Waals surface area contributed by atoms with E-state index in [9.17, 15) is 4.79 Å². The normalized spacial score (nSPS) is 15.9. The van der Waals surface area contributed by atoms with Gasteiger partial charge in [-0.3, -0.25) is 4.79 Å². The molecule has 0 aliphatic heterocycles. The Morgan fingerprint density at radius 1 is 1.42 bits per heavy atom. The van der Waals surface area contributed by atoms with E-state index in [2.05, 4.69) is 0 Å². The molecule has 0 bridgehead atoms. The van der Waals surface area contributed by atoms with Gasteiger partial charge < -0.3 is 15.4 Å². The predicted octanol–water partition coefficient (Wildman–Crippen LogP) is 2.10. The highest BCUT2D eigenvalue weighted by atomic mass is 16.5. The van der Waals surface area contributed by atoms with Crippen molar-refractivity contribution in [2.75, 3.05) is 13.2 Å². The number of ether oxygens (including phenoxy) is 1. The summed E-state index contributed by atoms with van der Waals surface area (Å²) >= 11 is 0. The van der Waals surface area contributed by atoms with E-state index in [0.717, 1.165) is 24.9 Å². The van der Waals surface area contributed by atoms with Gasteiger partial charge in [-0.1, -0.05) is 12.1 Å². The average Bonchev–Trinajstić information content (AvgIpc) is 3.22. The van der Waals surface area contributed by atoms with Gasteiger partial charge in [0.2, 0.25) is 0 Å². The number of likely N-dealkylation sites (N-methyl/N-ethyl adjacent to an activating group) is 1. The lowest BCUT2D eigenvalue weighted by Crippen LogP contribution is -2.36. The van der Waals surface area contributed by atoms with Gasteiger partial charge >= 0.3 is 0 Å². The van der Waals surface area contributed by atoms with Gasteiger partial charge in [0, 0.05) is 18.6 Å². The van der Waals surface area contributed by atoms with Crippen LogP contribution in [0.15, 0.2) is 24.3 Å². The van der Waals surface area contributed by atoms with Gasteiger partial charge in [0.1, 0.15) is 5.75 Å². The Bertz CT molecular complexity index is 424. The zero-order chi connectivity index (χ0) is 13.8. The third-order valence-corrected chi connectivity index (χ3v) is 3.42. The molecule has 0 heterocycles. The minimum absolute atomic E-state index is 0.0149. The zero-order valence-corrected chi connectivity index (χ0v) is 11.6. The molecule has 1 aromatic carbocycles. The van der Waals surface area contributed by atoms with Gasteiger partial charge in [-0.05, 0) is 44.4 Å². The summed E-state index contributed by atoms with van der Waals surface area (Å²) in [6, 6.07) is 8.05. The molecule has 4 heteroatoms. The first kappa shape index (κ1) is 13.9. The molecular formula is C15H22N2O2. The lowest BCUT2D eigenvalue weighted by molar-refractivity contribution is -0.133. The molecule has 1 aliphatic carbocycles. The first-order valence-corrected chi connectivity index (χ1v) is 6.89. The lowest BCUT2D eigenvalue weighted by Gasteiger charge is -2.20. The molecule has 1 fully saturated rings. The monoisotopic (exact) mass is 262 g/mol. The second-order valence-corrected chi connectivity index (χ2v) is 5.06. The molecule has 2 rings (SSSR count).